The van der Waals surface area contributed by atoms with Crippen LogP contribution in [0.25, 0.3) is 0 Å². The summed E-state index contributed by atoms with van der Waals surface area (Å²) in [4.78, 5) is 23.6. The van der Waals surface area contributed by atoms with Gasteiger partial charge in [-0.25, -0.2) is 0 Å². The van der Waals surface area contributed by atoms with Gasteiger partial charge in [0.25, 0.3) is 11.8 Å². The number of carbonyl (C=O) groups excluding carboxylic acids is 2. The Morgan fingerprint density at radius 3 is 1.81 bits per heavy atom. The van der Waals surface area contributed by atoms with E-state index in [0.29, 0.717) is 17.2 Å². The van der Waals surface area contributed by atoms with Crippen molar-refractivity contribution in [2.45, 2.75) is 20.8 Å². The van der Waals surface area contributed by atoms with E-state index in [4.69, 9.17) is 14.2 Å². The SMILES string of the molecule is COc1ccc(OCC(=O)NNC(=O)COc2c(C)cc(C)cc2C)cc1. The Kier molecular flexibility index (Phi) is 7.05. The largest absolute Gasteiger partial charge is 0.497 e. The molecule has 0 fully saturated rings. The number of rotatable bonds is 7. The summed E-state index contributed by atoms with van der Waals surface area (Å²) in [7, 11) is 1.57. The summed E-state index contributed by atoms with van der Waals surface area (Å²) < 4.78 is 15.9. The van der Waals surface area contributed by atoms with E-state index in [2.05, 4.69) is 10.9 Å². The van der Waals surface area contributed by atoms with E-state index in [9.17, 15) is 9.59 Å². The molecule has 2 aromatic rings. The van der Waals surface area contributed by atoms with E-state index < -0.39 is 11.8 Å². The van der Waals surface area contributed by atoms with E-state index in [0.717, 1.165) is 16.7 Å². The van der Waals surface area contributed by atoms with Crippen LogP contribution in [0.1, 0.15) is 16.7 Å². The van der Waals surface area contributed by atoms with Crippen molar-refractivity contribution in [3.63, 3.8) is 0 Å². The van der Waals surface area contributed by atoms with Gasteiger partial charge < -0.3 is 14.2 Å². The molecule has 0 saturated carbocycles. The molecule has 7 heteroatoms. The van der Waals surface area contributed by atoms with Gasteiger partial charge in [0.05, 0.1) is 7.11 Å². The van der Waals surface area contributed by atoms with E-state index in [1.807, 2.05) is 32.9 Å². The second-order valence-corrected chi connectivity index (χ2v) is 6.08. The monoisotopic (exact) mass is 372 g/mol. The molecule has 7 nitrogen and oxygen atoms in total. The van der Waals surface area contributed by atoms with Gasteiger partial charge in [-0.05, 0) is 56.2 Å². The average Bonchev–Trinajstić information content (AvgIpc) is 2.64. The molecule has 0 aliphatic rings. The lowest BCUT2D eigenvalue weighted by molar-refractivity contribution is -0.131. The number of hydrogen-bond donors (Lipinski definition) is 2. The summed E-state index contributed by atoms with van der Waals surface area (Å²) in [5, 5.41) is 0. The second kappa shape index (κ2) is 9.47. The summed E-state index contributed by atoms with van der Waals surface area (Å²) in [6.45, 7) is 5.41. The number of hydrogen-bond acceptors (Lipinski definition) is 5. The van der Waals surface area contributed by atoms with Crippen LogP contribution in [-0.2, 0) is 9.59 Å². The summed E-state index contributed by atoms with van der Waals surface area (Å²) in [6.07, 6.45) is 0. The van der Waals surface area contributed by atoms with Gasteiger partial charge in [0, 0.05) is 0 Å². The van der Waals surface area contributed by atoms with Gasteiger partial charge >= 0.3 is 0 Å². The molecule has 2 rings (SSSR count). The first-order chi connectivity index (χ1) is 12.9. The fraction of sp³-hybridized carbons (Fsp3) is 0.300. The molecular formula is C20H24N2O5. The number of carbonyl (C=O) groups is 2. The molecular weight excluding hydrogens is 348 g/mol. The smallest absolute Gasteiger partial charge is 0.276 e. The Bertz CT molecular complexity index is 780. The number of aryl methyl sites for hydroxylation is 3. The van der Waals surface area contributed by atoms with Gasteiger partial charge in [-0.15, -0.1) is 0 Å². The molecule has 0 saturated heterocycles. The Labute approximate surface area is 158 Å². The number of nitrogens with one attached hydrogen (secondary N) is 2. The third kappa shape index (κ3) is 6.22. The van der Waals surface area contributed by atoms with E-state index in [-0.39, 0.29) is 13.2 Å². The van der Waals surface area contributed by atoms with Crippen LogP contribution >= 0.6 is 0 Å². The lowest BCUT2D eigenvalue weighted by atomic mass is 10.1. The van der Waals surface area contributed by atoms with Crippen molar-refractivity contribution < 1.29 is 23.8 Å². The Morgan fingerprint density at radius 1 is 0.815 bits per heavy atom. The molecule has 0 spiro atoms. The van der Waals surface area contributed by atoms with Crippen molar-refractivity contribution in [1.82, 2.24) is 10.9 Å². The minimum absolute atomic E-state index is 0.204. The van der Waals surface area contributed by atoms with Crippen molar-refractivity contribution in [2.75, 3.05) is 20.3 Å². The first-order valence-electron chi connectivity index (χ1n) is 8.44. The third-order valence-electron chi connectivity index (χ3n) is 3.72. The number of ether oxygens (including phenoxy) is 3. The zero-order chi connectivity index (χ0) is 19.8. The molecule has 0 aromatic heterocycles. The van der Waals surface area contributed by atoms with Gasteiger partial charge in [-0.2, -0.15) is 0 Å². The van der Waals surface area contributed by atoms with Gasteiger partial charge in [0.2, 0.25) is 0 Å². The maximum Gasteiger partial charge on any atom is 0.276 e. The highest BCUT2D eigenvalue weighted by Gasteiger charge is 2.10. The molecule has 2 N–H and O–H groups in total. The predicted molar refractivity (Wildman–Crippen MR) is 101 cm³/mol. The quantitative estimate of drug-likeness (QED) is 0.728. The molecule has 0 unspecified atom stereocenters. The number of hydrazine groups is 1. The van der Waals surface area contributed by atoms with E-state index in [1.165, 1.54) is 0 Å². The lowest BCUT2D eigenvalue weighted by Crippen LogP contribution is -2.45. The third-order valence-corrected chi connectivity index (χ3v) is 3.72. The summed E-state index contributed by atoms with van der Waals surface area (Å²) >= 11 is 0. The van der Waals surface area contributed by atoms with Crippen molar-refractivity contribution in [2.24, 2.45) is 0 Å². The van der Waals surface area contributed by atoms with Crippen molar-refractivity contribution >= 4 is 11.8 Å². The van der Waals surface area contributed by atoms with Gasteiger partial charge in [-0.1, -0.05) is 17.7 Å². The van der Waals surface area contributed by atoms with Crippen LogP contribution < -0.4 is 25.1 Å². The molecule has 144 valence electrons. The minimum atomic E-state index is -0.484. The first-order valence-corrected chi connectivity index (χ1v) is 8.44. The van der Waals surface area contributed by atoms with Gasteiger partial charge in [0.1, 0.15) is 17.2 Å². The minimum Gasteiger partial charge on any atom is -0.497 e. The molecule has 27 heavy (non-hydrogen) atoms. The molecule has 2 aromatic carbocycles. The molecule has 0 bridgehead atoms. The summed E-state index contributed by atoms with van der Waals surface area (Å²) in [5.74, 6) is 0.933. The van der Waals surface area contributed by atoms with Crippen molar-refractivity contribution in [1.29, 1.82) is 0 Å². The average molecular weight is 372 g/mol. The van der Waals surface area contributed by atoms with E-state index in [1.54, 1.807) is 31.4 Å². The number of benzene rings is 2. The number of methoxy groups -OCH3 is 1. The Morgan fingerprint density at radius 2 is 1.30 bits per heavy atom. The second-order valence-electron chi connectivity index (χ2n) is 6.08. The van der Waals surface area contributed by atoms with Crippen molar-refractivity contribution in [3.05, 3.63) is 53.1 Å². The predicted octanol–water partition coefficient (Wildman–Crippen LogP) is 2.23. The van der Waals surface area contributed by atoms with E-state index >= 15 is 0 Å². The van der Waals surface area contributed by atoms with Crippen LogP contribution in [0.2, 0.25) is 0 Å². The molecule has 2 amide bonds. The van der Waals surface area contributed by atoms with Crippen LogP contribution in [-0.4, -0.2) is 32.1 Å². The zero-order valence-corrected chi connectivity index (χ0v) is 15.9. The topological polar surface area (TPSA) is 85.9 Å². The van der Waals surface area contributed by atoms with Crippen LogP contribution in [0.5, 0.6) is 17.2 Å². The summed E-state index contributed by atoms with van der Waals surface area (Å²) in [6, 6.07) is 10.8. The highest BCUT2D eigenvalue weighted by Crippen LogP contribution is 2.24. The number of amides is 2. The zero-order valence-electron chi connectivity index (χ0n) is 15.9. The maximum absolute atomic E-state index is 11.8. The fourth-order valence-corrected chi connectivity index (χ4v) is 2.56. The van der Waals surface area contributed by atoms with Crippen molar-refractivity contribution in [3.8, 4) is 17.2 Å². The molecule has 0 radical (unpaired) electrons. The Balaban J connectivity index is 1.72. The first kappa shape index (κ1) is 20.1. The van der Waals surface area contributed by atoms with Gasteiger partial charge in [0.15, 0.2) is 13.2 Å². The van der Waals surface area contributed by atoms with Crippen LogP contribution in [0.3, 0.4) is 0 Å². The van der Waals surface area contributed by atoms with Crippen LogP contribution in [0, 0.1) is 20.8 Å². The standard InChI is InChI=1S/C20H24N2O5/c1-13-9-14(2)20(15(3)10-13)27-12-19(24)22-21-18(23)11-26-17-7-5-16(25-4)6-8-17/h5-10H,11-12H2,1-4H3,(H,21,23)(H,22,24). The molecule has 0 atom stereocenters. The molecule has 0 aliphatic heterocycles. The molecule has 0 aliphatic carbocycles. The fourth-order valence-electron chi connectivity index (χ4n) is 2.56. The van der Waals surface area contributed by atoms with Gasteiger partial charge in [-0.3, -0.25) is 20.4 Å². The lowest BCUT2D eigenvalue weighted by Gasteiger charge is -2.13. The molecule has 0 heterocycles. The Hall–Kier alpha value is -3.22. The highest BCUT2D eigenvalue weighted by atomic mass is 16.5. The maximum atomic E-state index is 11.8. The van der Waals surface area contributed by atoms with Crippen LogP contribution in [0.15, 0.2) is 36.4 Å². The summed E-state index contributed by atoms with van der Waals surface area (Å²) in [5.41, 5.74) is 7.62. The highest BCUT2D eigenvalue weighted by molar-refractivity contribution is 5.83. The van der Waals surface area contributed by atoms with Crippen LogP contribution in [0.4, 0.5) is 0 Å². The normalized spacial score (nSPS) is 10.1.